The maximum Gasteiger partial charge on any atom is 0.250 e. The van der Waals surface area contributed by atoms with Gasteiger partial charge in [0.2, 0.25) is 5.56 Å². The van der Waals surface area contributed by atoms with Gasteiger partial charge in [-0.15, -0.1) is 11.3 Å². The van der Waals surface area contributed by atoms with Gasteiger partial charge in [-0.2, -0.15) is 0 Å². The van der Waals surface area contributed by atoms with Crippen LogP contribution >= 0.6 is 43.2 Å². The Morgan fingerprint density at radius 3 is 2.76 bits per heavy atom. The van der Waals surface area contributed by atoms with Gasteiger partial charge in [0.15, 0.2) is 0 Å². The molecule has 2 rings (SSSR count). The van der Waals surface area contributed by atoms with E-state index in [-0.39, 0.29) is 5.56 Å². The third kappa shape index (κ3) is 3.20. The van der Waals surface area contributed by atoms with Crippen LogP contribution in [0.2, 0.25) is 0 Å². The van der Waals surface area contributed by atoms with Crippen molar-refractivity contribution in [3.05, 3.63) is 47.9 Å². The van der Waals surface area contributed by atoms with Gasteiger partial charge in [0.25, 0.3) is 0 Å². The first-order valence-electron chi connectivity index (χ1n) is 4.90. The third-order valence-corrected chi connectivity index (χ3v) is 5.50. The van der Waals surface area contributed by atoms with E-state index in [9.17, 15) is 4.79 Å². The first kappa shape index (κ1) is 12.9. The summed E-state index contributed by atoms with van der Waals surface area (Å²) in [5, 5.41) is 3.28. The first-order chi connectivity index (χ1) is 8.06. The average molecular weight is 378 g/mol. The predicted molar refractivity (Wildman–Crippen MR) is 78.7 cm³/mol. The quantitative estimate of drug-likeness (QED) is 0.886. The van der Waals surface area contributed by atoms with Crippen molar-refractivity contribution in [1.29, 1.82) is 0 Å². The highest BCUT2D eigenvalue weighted by molar-refractivity contribution is 9.13. The number of pyridine rings is 1. The summed E-state index contributed by atoms with van der Waals surface area (Å²) in [4.78, 5) is 12.4. The Hall–Kier alpha value is -0.590. The Labute approximate surface area is 120 Å². The van der Waals surface area contributed by atoms with Crippen molar-refractivity contribution >= 4 is 48.9 Å². The Morgan fingerprint density at radius 2 is 2.18 bits per heavy atom. The van der Waals surface area contributed by atoms with Crippen molar-refractivity contribution in [2.75, 3.05) is 5.32 Å². The fraction of sp³-hybridized carbons (Fsp3) is 0.182. The molecule has 2 aromatic rings. The van der Waals surface area contributed by atoms with Crippen molar-refractivity contribution in [3.63, 3.8) is 0 Å². The van der Waals surface area contributed by atoms with E-state index in [1.54, 1.807) is 41.3 Å². The second kappa shape index (κ2) is 5.37. The molecule has 0 spiro atoms. The van der Waals surface area contributed by atoms with E-state index >= 15 is 0 Å². The molecule has 0 fully saturated rings. The number of nitrogens with zero attached hydrogens (tertiary/aromatic N) is 1. The number of anilines is 1. The molecule has 0 radical (unpaired) electrons. The molecule has 0 atom stereocenters. The number of thiophene rings is 1. The second-order valence-corrected chi connectivity index (χ2v) is 6.86. The van der Waals surface area contributed by atoms with Crippen LogP contribution in [0.1, 0.15) is 4.88 Å². The van der Waals surface area contributed by atoms with Crippen molar-refractivity contribution in [2.45, 2.75) is 6.54 Å². The summed E-state index contributed by atoms with van der Waals surface area (Å²) < 4.78 is 3.72. The number of rotatable bonds is 3. The average Bonchev–Trinajstić information content (AvgIpc) is 2.60. The fourth-order valence-electron chi connectivity index (χ4n) is 1.37. The number of hydrogen-bond acceptors (Lipinski definition) is 3. The molecule has 90 valence electrons. The van der Waals surface area contributed by atoms with Crippen molar-refractivity contribution in [3.8, 4) is 0 Å². The van der Waals surface area contributed by atoms with Gasteiger partial charge in [-0.3, -0.25) is 4.79 Å². The van der Waals surface area contributed by atoms with Crippen LogP contribution < -0.4 is 10.9 Å². The number of nitrogens with one attached hydrogen (secondary N) is 1. The predicted octanol–water partition coefficient (Wildman–Crippen LogP) is 3.58. The van der Waals surface area contributed by atoms with Crippen LogP contribution in [0.15, 0.2) is 37.4 Å². The summed E-state index contributed by atoms with van der Waals surface area (Å²) in [7, 11) is 1.74. The molecule has 0 aromatic carbocycles. The van der Waals surface area contributed by atoms with Gasteiger partial charge >= 0.3 is 0 Å². The molecule has 0 bridgehead atoms. The summed E-state index contributed by atoms with van der Waals surface area (Å²) in [6.45, 7) is 0.743. The molecule has 0 saturated heterocycles. The van der Waals surface area contributed by atoms with Gasteiger partial charge in [-0.05, 0) is 44.0 Å². The van der Waals surface area contributed by atoms with E-state index in [4.69, 9.17) is 0 Å². The number of halogens is 2. The lowest BCUT2D eigenvalue weighted by atomic mass is 10.4. The highest BCUT2D eigenvalue weighted by Gasteiger charge is 2.04. The lowest BCUT2D eigenvalue weighted by Gasteiger charge is -2.05. The van der Waals surface area contributed by atoms with Crippen LogP contribution in [0.3, 0.4) is 0 Å². The van der Waals surface area contributed by atoms with Gasteiger partial charge in [0.1, 0.15) is 0 Å². The van der Waals surface area contributed by atoms with Gasteiger partial charge < -0.3 is 9.88 Å². The Bertz CT molecular complexity index is 572. The van der Waals surface area contributed by atoms with Crippen LogP contribution in [0.25, 0.3) is 0 Å². The second-order valence-electron chi connectivity index (χ2n) is 3.55. The van der Waals surface area contributed by atoms with Gasteiger partial charge in [0, 0.05) is 35.2 Å². The van der Waals surface area contributed by atoms with E-state index in [2.05, 4.69) is 43.2 Å². The molecule has 0 aliphatic heterocycles. The largest absolute Gasteiger partial charge is 0.379 e. The summed E-state index contributed by atoms with van der Waals surface area (Å²) >= 11 is 8.60. The van der Waals surface area contributed by atoms with E-state index in [1.807, 2.05) is 0 Å². The topological polar surface area (TPSA) is 34.0 Å². The minimum atomic E-state index is -0.00263. The van der Waals surface area contributed by atoms with Crippen LogP contribution in [0.5, 0.6) is 0 Å². The highest BCUT2D eigenvalue weighted by Crippen LogP contribution is 2.32. The molecule has 17 heavy (non-hydrogen) atoms. The maximum atomic E-state index is 11.2. The molecule has 0 aliphatic carbocycles. The summed E-state index contributed by atoms with van der Waals surface area (Å²) in [5.41, 5.74) is 0.935. The van der Waals surface area contributed by atoms with Crippen LogP contribution in [0, 0.1) is 0 Å². The number of aryl methyl sites for hydroxylation is 1. The van der Waals surface area contributed by atoms with Crippen molar-refractivity contribution in [2.24, 2.45) is 7.05 Å². The van der Waals surface area contributed by atoms with E-state index in [1.165, 1.54) is 4.88 Å². The molecular formula is C11H10Br2N2OS. The summed E-state index contributed by atoms with van der Waals surface area (Å²) in [6.07, 6.45) is 1.79. The van der Waals surface area contributed by atoms with Gasteiger partial charge in [0.05, 0.1) is 9.47 Å². The smallest absolute Gasteiger partial charge is 0.250 e. The molecule has 0 amide bonds. The monoisotopic (exact) mass is 376 g/mol. The maximum absolute atomic E-state index is 11.2. The van der Waals surface area contributed by atoms with Crippen molar-refractivity contribution < 1.29 is 0 Å². The Kier molecular flexibility index (Phi) is 4.06. The van der Waals surface area contributed by atoms with Crippen LogP contribution in [0.4, 0.5) is 5.69 Å². The molecule has 1 N–H and O–H groups in total. The zero-order chi connectivity index (χ0) is 12.4. The van der Waals surface area contributed by atoms with Crippen LogP contribution in [-0.4, -0.2) is 4.57 Å². The lowest BCUT2D eigenvalue weighted by molar-refractivity contribution is 0.859. The molecule has 0 aliphatic rings. The zero-order valence-electron chi connectivity index (χ0n) is 9.04. The van der Waals surface area contributed by atoms with Crippen molar-refractivity contribution in [1.82, 2.24) is 4.57 Å². The number of aromatic nitrogens is 1. The van der Waals surface area contributed by atoms with E-state index in [0.717, 1.165) is 20.5 Å². The summed E-state index contributed by atoms with van der Waals surface area (Å²) in [6, 6.07) is 5.42. The van der Waals surface area contributed by atoms with Gasteiger partial charge in [-0.25, -0.2) is 0 Å². The molecule has 0 unspecified atom stereocenters. The third-order valence-electron chi connectivity index (χ3n) is 2.25. The van der Waals surface area contributed by atoms with E-state index in [0.29, 0.717) is 0 Å². The minimum Gasteiger partial charge on any atom is -0.379 e. The highest BCUT2D eigenvalue weighted by atomic mass is 79.9. The van der Waals surface area contributed by atoms with Crippen LogP contribution in [-0.2, 0) is 13.6 Å². The molecule has 2 aromatic heterocycles. The zero-order valence-corrected chi connectivity index (χ0v) is 13.0. The SMILES string of the molecule is Cn1cc(NCc2cc(Br)c(Br)s2)ccc1=O. The summed E-state index contributed by atoms with van der Waals surface area (Å²) in [5.74, 6) is 0. The molecular weight excluding hydrogens is 368 g/mol. The normalized spacial score (nSPS) is 10.5. The fourth-order valence-corrected chi connectivity index (χ4v) is 3.48. The Morgan fingerprint density at radius 1 is 1.41 bits per heavy atom. The Balaban J connectivity index is 2.07. The standard InChI is InChI=1S/C11H10Br2N2OS/c1-15-6-7(2-3-10(15)16)14-5-8-4-9(12)11(13)17-8/h2-4,6,14H,5H2,1H3. The molecule has 2 heterocycles. The van der Waals surface area contributed by atoms with Gasteiger partial charge in [-0.1, -0.05) is 0 Å². The number of hydrogen-bond donors (Lipinski definition) is 1. The van der Waals surface area contributed by atoms with E-state index < -0.39 is 0 Å². The molecule has 3 nitrogen and oxygen atoms in total. The first-order valence-corrected chi connectivity index (χ1v) is 7.31. The minimum absolute atomic E-state index is 0.00263. The molecule has 0 saturated carbocycles. The molecule has 6 heteroatoms. The lowest BCUT2D eigenvalue weighted by Crippen LogP contribution is -2.15.